The second-order valence-corrected chi connectivity index (χ2v) is 3.96. The summed E-state index contributed by atoms with van der Waals surface area (Å²) >= 11 is 0. The topological polar surface area (TPSA) is 26.3 Å². The van der Waals surface area contributed by atoms with Gasteiger partial charge in [-0.1, -0.05) is 44.2 Å². The van der Waals surface area contributed by atoms with Crippen LogP contribution in [-0.4, -0.2) is 12.9 Å². The minimum absolute atomic E-state index is 0.343. The van der Waals surface area contributed by atoms with Gasteiger partial charge >= 0.3 is 0 Å². The van der Waals surface area contributed by atoms with E-state index in [-0.39, 0.29) is 0 Å². The molecule has 2 heteroatoms. The van der Waals surface area contributed by atoms with Gasteiger partial charge in [-0.3, -0.25) is 4.79 Å². The SMILES string of the molecule is CCC(=O)CC.COc1ccc2ccccc2c1. The van der Waals surface area contributed by atoms with Crippen LogP contribution < -0.4 is 4.74 Å². The average Bonchev–Trinajstić information content (AvgIpc) is 2.46. The number of rotatable bonds is 3. The van der Waals surface area contributed by atoms with Crippen molar-refractivity contribution in [1.82, 2.24) is 0 Å². The van der Waals surface area contributed by atoms with Crippen LogP contribution in [0.3, 0.4) is 0 Å². The average molecular weight is 244 g/mol. The number of hydrogen-bond donors (Lipinski definition) is 0. The molecule has 0 bridgehead atoms. The predicted molar refractivity (Wildman–Crippen MR) is 76.1 cm³/mol. The van der Waals surface area contributed by atoms with Crippen LogP contribution in [0.25, 0.3) is 10.8 Å². The van der Waals surface area contributed by atoms with Gasteiger partial charge in [0, 0.05) is 12.8 Å². The van der Waals surface area contributed by atoms with Gasteiger partial charge in [0.1, 0.15) is 11.5 Å². The molecular formula is C16H20O2. The molecule has 0 unspecified atom stereocenters. The first kappa shape index (κ1) is 14.2. The van der Waals surface area contributed by atoms with Crippen LogP contribution in [0.5, 0.6) is 5.75 Å². The second-order valence-electron chi connectivity index (χ2n) is 3.96. The summed E-state index contributed by atoms with van der Waals surface area (Å²) in [6.45, 7) is 3.76. The van der Waals surface area contributed by atoms with E-state index in [0.29, 0.717) is 18.6 Å². The van der Waals surface area contributed by atoms with Crippen LogP contribution in [0.2, 0.25) is 0 Å². The largest absolute Gasteiger partial charge is 0.497 e. The lowest BCUT2D eigenvalue weighted by atomic mass is 10.1. The monoisotopic (exact) mass is 244 g/mol. The molecule has 0 saturated carbocycles. The van der Waals surface area contributed by atoms with E-state index < -0.39 is 0 Å². The molecule has 0 aliphatic heterocycles. The van der Waals surface area contributed by atoms with Crippen LogP contribution in [0.15, 0.2) is 42.5 Å². The third kappa shape index (κ3) is 4.21. The number of fused-ring (bicyclic) bond motifs is 1. The van der Waals surface area contributed by atoms with Crippen molar-refractivity contribution in [2.24, 2.45) is 0 Å². The molecule has 0 radical (unpaired) electrons. The molecule has 96 valence electrons. The summed E-state index contributed by atoms with van der Waals surface area (Å²) in [7, 11) is 1.68. The van der Waals surface area contributed by atoms with E-state index in [1.54, 1.807) is 7.11 Å². The summed E-state index contributed by atoms with van der Waals surface area (Å²) in [6.07, 6.45) is 1.38. The minimum Gasteiger partial charge on any atom is -0.497 e. The standard InChI is InChI=1S/C11H10O.C5H10O/c1-12-11-7-6-9-4-2-3-5-10(9)8-11;1-3-5(6)4-2/h2-8H,1H3;3-4H2,1-2H3. The maximum Gasteiger partial charge on any atom is 0.132 e. The van der Waals surface area contributed by atoms with Gasteiger partial charge in [-0.2, -0.15) is 0 Å². The van der Waals surface area contributed by atoms with Crippen LogP contribution in [0, 0.1) is 0 Å². The lowest BCUT2D eigenvalue weighted by molar-refractivity contribution is -0.118. The van der Waals surface area contributed by atoms with Crippen molar-refractivity contribution in [2.75, 3.05) is 7.11 Å². The van der Waals surface area contributed by atoms with E-state index >= 15 is 0 Å². The molecule has 0 amide bonds. The fourth-order valence-electron chi connectivity index (χ4n) is 1.54. The molecule has 0 aliphatic rings. The minimum atomic E-state index is 0.343. The van der Waals surface area contributed by atoms with Gasteiger partial charge in [0.2, 0.25) is 0 Å². The third-order valence-corrected chi connectivity index (χ3v) is 2.75. The normalized spacial score (nSPS) is 9.50. The highest BCUT2D eigenvalue weighted by Gasteiger charge is 1.93. The highest BCUT2D eigenvalue weighted by atomic mass is 16.5. The van der Waals surface area contributed by atoms with Gasteiger partial charge in [0.15, 0.2) is 0 Å². The molecule has 0 heterocycles. The molecule has 0 aromatic heterocycles. The highest BCUT2D eigenvalue weighted by Crippen LogP contribution is 2.19. The Kier molecular flexibility index (Phi) is 5.92. The van der Waals surface area contributed by atoms with Gasteiger partial charge in [-0.25, -0.2) is 0 Å². The summed E-state index contributed by atoms with van der Waals surface area (Å²) in [6, 6.07) is 14.3. The van der Waals surface area contributed by atoms with Crippen LogP contribution in [-0.2, 0) is 4.79 Å². The Morgan fingerprint density at radius 3 is 2.11 bits per heavy atom. The number of Topliss-reactive ketones (excluding diaryl/α,β-unsaturated/α-hetero) is 1. The molecule has 18 heavy (non-hydrogen) atoms. The molecule has 0 saturated heterocycles. The zero-order chi connectivity index (χ0) is 13.4. The molecule has 0 spiro atoms. The fourth-order valence-corrected chi connectivity index (χ4v) is 1.54. The number of carbonyl (C=O) groups excluding carboxylic acids is 1. The van der Waals surface area contributed by atoms with Crippen molar-refractivity contribution in [3.05, 3.63) is 42.5 Å². The number of carbonyl (C=O) groups is 1. The fraction of sp³-hybridized carbons (Fsp3) is 0.312. The summed E-state index contributed by atoms with van der Waals surface area (Å²) in [5.74, 6) is 1.25. The Hall–Kier alpha value is -1.83. The molecule has 0 fully saturated rings. The van der Waals surface area contributed by atoms with Gasteiger partial charge in [-0.05, 0) is 22.9 Å². The van der Waals surface area contributed by atoms with Crippen LogP contribution in [0.1, 0.15) is 26.7 Å². The summed E-state index contributed by atoms with van der Waals surface area (Å²) in [5.41, 5.74) is 0. The van der Waals surface area contributed by atoms with E-state index in [4.69, 9.17) is 4.74 Å². The lowest BCUT2D eigenvalue weighted by Crippen LogP contribution is -1.88. The molecular weight excluding hydrogens is 224 g/mol. The first-order chi connectivity index (χ1) is 8.71. The van der Waals surface area contributed by atoms with Gasteiger partial charge in [0.25, 0.3) is 0 Å². The summed E-state index contributed by atoms with van der Waals surface area (Å²) < 4.78 is 5.12. The number of hydrogen-bond acceptors (Lipinski definition) is 2. The maximum absolute atomic E-state index is 10.2. The molecule has 2 aromatic carbocycles. The van der Waals surface area contributed by atoms with Crippen molar-refractivity contribution in [3.63, 3.8) is 0 Å². The van der Waals surface area contributed by atoms with Crippen molar-refractivity contribution in [2.45, 2.75) is 26.7 Å². The zero-order valence-corrected chi connectivity index (χ0v) is 11.3. The van der Waals surface area contributed by atoms with Crippen molar-refractivity contribution in [3.8, 4) is 5.75 Å². The Bertz CT molecular complexity index is 497. The van der Waals surface area contributed by atoms with Crippen molar-refractivity contribution >= 4 is 16.6 Å². The number of methoxy groups -OCH3 is 1. The number of ketones is 1. The summed E-state index contributed by atoms with van der Waals surface area (Å²) in [4.78, 5) is 10.2. The van der Waals surface area contributed by atoms with E-state index in [2.05, 4.69) is 18.2 Å². The van der Waals surface area contributed by atoms with Gasteiger partial charge in [0.05, 0.1) is 7.11 Å². The Morgan fingerprint density at radius 1 is 1.00 bits per heavy atom. The summed E-state index contributed by atoms with van der Waals surface area (Å²) in [5, 5.41) is 2.47. The first-order valence-electron chi connectivity index (χ1n) is 6.25. The molecule has 2 nitrogen and oxygen atoms in total. The van der Waals surface area contributed by atoms with Crippen molar-refractivity contribution < 1.29 is 9.53 Å². The van der Waals surface area contributed by atoms with Crippen LogP contribution in [0.4, 0.5) is 0 Å². The second kappa shape index (κ2) is 7.49. The first-order valence-corrected chi connectivity index (χ1v) is 6.25. The Morgan fingerprint density at radius 2 is 1.61 bits per heavy atom. The smallest absolute Gasteiger partial charge is 0.132 e. The third-order valence-electron chi connectivity index (χ3n) is 2.75. The molecule has 0 atom stereocenters. The van der Waals surface area contributed by atoms with Gasteiger partial charge in [-0.15, -0.1) is 0 Å². The quantitative estimate of drug-likeness (QED) is 0.807. The highest BCUT2D eigenvalue weighted by molar-refractivity contribution is 5.83. The maximum atomic E-state index is 10.2. The van der Waals surface area contributed by atoms with E-state index in [0.717, 1.165) is 5.75 Å². The molecule has 2 aromatic rings. The Labute approximate surface area is 109 Å². The Balaban J connectivity index is 0.000000232. The van der Waals surface area contributed by atoms with Crippen LogP contribution >= 0.6 is 0 Å². The van der Waals surface area contributed by atoms with Crippen molar-refractivity contribution in [1.29, 1.82) is 0 Å². The van der Waals surface area contributed by atoms with E-state index in [1.165, 1.54) is 10.8 Å². The molecule has 2 rings (SSSR count). The van der Waals surface area contributed by atoms with E-state index in [9.17, 15) is 4.79 Å². The predicted octanol–water partition coefficient (Wildman–Crippen LogP) is 4.22. The number of benzene rings is 2. The van der Waals surface area contributed by atoms with Gasteiger partial charge < -0.3 is 4.74 Å². The molecule has 0 N–H and O–H groups in total. The lowest BCUT2D eigenvalue weighted by Gasteiger charge is -2.00. The number of ether oxygens (including phenoxy) is 1. The molecule has 0 aliphatic carbocycles. The van der Waals surface area contributed by atoms with E-state index in [1.807, 2.05) is 38.1 Å². The zero-order valence-electron chi connectivity index (χ0n) is 11.3.